The molecule has 1 amide bonds. The highest BCUT2D eigenvalue weighted by Crippen LogP contribution is 2.11. The van der Waals surface area contributed by atoms with Crippen molar-refractivity contribution in [2.24, 2.45) is 0 Å². The number of imidazole rings is 1. The molecule has 1 aromatic heterocycles. The molecule has 1 rings (SSSR count). The van der Waals surface area contributed by atoms with Crippen LogP contribution in [0.2, 0.25) is 0 Å². The quantitative estimate of drug-likeness (QED) is 0.666. The van der Waals surface area contributed by atoms with E-state index in [0.29, 0.717) is 25.4 Å². The number of aryl methyl sites for hydroxylation is 1. The number of hydrogen-bond acceptors (Lipinski definition) is 3. The fourth-order valence-electron chi connectivity index (χ4n) is 1.91. The molecule has 0 bridgehead atoms. The number of carbonyl (C=O) groups excluding carboxylic acids is 1. The summed E-state index contributed by atoms with van der Waals surface area (Å²) in [6.45, 7) is 9.58. The van der Waals surface area contributed by atoms with Gasteiger partial charge in [-0.1, -0.05) is 20.8 Å². The Hall–Kier alpha value is -1.36. The third-order valence-electron chi connectivity index (χ3n) is 2.89. The number of hydrogen-bond donors (Lipinski definition) is 2. The molecule has 0 saturated carbocycles. The lowest BCUT2D eigenvalue weighted by molar-refractivity contribution is -0.121. The maximum Gasteiger partial charge on any atom is 0.221 e. The zero-order valence-corrected chi connectivity index (χ0v) is 12.3. The van der Waals surface area contributed by atoms with E-state index >= 15 is 0 Å². The van der Waals surface area contributed by atoms with Crippen molar-refractivity contribution < 1.29 is 4.79 Å². The Balaban J connectivity index is 2.21. The molecule has 2 N–H and O–H groups in total. The van der Waals surface area contributed by atoms with Gasteiger partial charge < -0.3 is 15.2 Å². The molecule has 0 saturated heterocycles. The van der Waals surface area contributed by atoms with Crippen molar-refractivity contribution >= 4 is 5.91 Å². The second-order valence-electron chi connectivity index (χ2n) is 4.98. The van der Waals surface area contributed by atoms with Crippen molar-refractivity contribution in [1.29, 1.82) is 0 Å². The lowest BCUT2D eigenvalue weighted by atomic mass is 10.2. The van der Waals surface area contributed by atoms with E-state index in [9.17, 15) is 4.79 Å². The molecule has 0 aliphatic carbocycles. The molecule has 1 aromatic rings. The van der Waals surface area contributed by atoms with Crippen molar-refractivity contribution in [2.45, 2.75) is 46.1 Å². The minimum absolute atomic E-state index is 0.0988. The Morgan fingerprint density at radius 2 is 2.16 bits per heavy atom. The summed E-state index contributed by atoms with van der Waals surface area (Å²) in [4.78, 5) is 16.0. The molecule has 0 unspecified atom stereocenters. The van der Waals surface area contributed by atoms with Gasteiger partial charge in [0.1, 0.15) is 5.82 Å². The molecule has 0 aromatic carbocycles. The third kappa shape index (κ3) is 5.87. The molecule has 0 aliphatic heterocycles. The summed E-state index contributed by atoms with van der Waals surface area (Å²) in [5.41, 5.74) is 0. The van der Waals surface area contributed by atoms with Crippen LogP contribution in [-0.2, 0) is 11.3 Å². The van der Waals surface area contributed by atoms with Crippen molar-refractivity contribution in [3.05, 3.63) is 18.2 Å². The van der Waals surface area contributed by atoms with Crippen LogP contribution in [0.15, 0.2) is 12.4 Å². The van der Waals surface area contributed by atoms with Gasteiger partial charge in [-0.25, -0.2) is 4.98 Å². The lowest BCUT2D eigenvalue weighted by Crippen LogP contribution is -2.32. The fourth-order valence-corrected chi connectivity index (χ4v) is 1.91. The number of aromatic nitrogens is 2. The van der Waals surface area contributed by atoms with Crippen molar-refractivity contribution in [2.75, 3.05) is 19.6 Å². The lowest BCUT2D eigenvalue weighted by Gasteiger charge is -2.10. The molecule has 0 atom stereocenters. The van der Waals surface area contributed by atoms with Gasteiger partial charge in [0.15, 0.2) is 0 Å². The molecule has 0 radical (unpaired) electrons. The Labute approximate surface area is 115 Å². The van der Waals surface area contributed by atoms with Crippen LogP contribution in [0.3, 0.4) is 0 Å². The first-order valence-corrected chi connectivity index (χ1v) is 7.13. The average molecular weight is 266 g/mol. The molecule has 5 heteroatoms. The zero-order valence-electron chi connectivity index (χ0n) is 12.3. The minimum atomic E-state index is 0.0988. The van der Waals surface area contributed by atoms with Gasteiger partial charge in [-0.15, -0.1) is 0 Å². The highest BCUT2D eigenvalue weighted by Gasteiger charge is 2.08. The van der Waals surface area contributed by atoms with Crippen LogP contribution in [0, 0.1) is 0 Å². The molecule has 0 aliphatic rings. The van der Waals surface area contributed by atoms with E-state index in [1.807, 2.05) is 6.20 Å². The number of amides is 1. The molecule has 0 fully saturated rings. The van der Waals surface area contributed by atoms with Crippen LogP contribution in [0.25, 0.3) is 0 Å². The first kappa shape index (κ1) is 15.7. The van der Waals surface area contributed by atoms with Gasteiger partial charge in [-0.2, -0.15) is 0 Å². The summed E-state index contributed by atoms with van der Waals surface area (Å²) in [5.74, 6) is 1.52. The Kier molecular flexibility index (Phi) is 7.18. The van der Waals surface area contributed by atoms with Gasteiger partial charge in [0.05, 0.1) is 0 Å². The van der Waals surface area contributed by atoms with Crippen LogP contribution < -0.4 is 10.6 Å². The highest BCUT2D eigenvalue weighted by molar-refractivity contribution is 5.75. The predicted octanol–water partition coefficient (Wildman–Crippen LogP) is 1.51. The SMILES string of the molecule is CCCNCCNC(=O)CCn1ccnc1C(C)C. The zero-order chi connectivity index (χ0) is 14.1. The Bertz CT molecular complexity index is 373. The first-order valence-electron chi connectivity index (χ1n) is 7.13. The van der Waals surface area contributed by atoms with Gasteiger partial charge in [0.2, 0.25) is 5.91 Å². The van der Waals surface area contributed by atoms with Crippen molar-refractivity contribution in [3.63, 3.8) is 0 Å². The minimum Gasteiger partial charge on any atom is -0.355 e. The summed E-state index contributed by atoms with van der Waals surface area (Å²) in [6.07, 6.45) is 5.35. The number of nitrogens with zero attached hydrogens (tertiary/aromatic N) is 2. The molecular formula is C14H26N4O. The maximum absolute atomic E-state index is 11.7. The van der Waals surface area contributed by atoms with E-state index < -0.39 is 0 Å². The van der Waals surface area contributed by atoms with Crippen LogP contribution in [0.1, 0.15) is 45.4 Å². The van der Waals surface area contributed by atoms with Gasteiger partial charge >= 0.3 is 0 Å². The second-order valence-corrected chi connectivity index (χ2v) is 4.98. The maximum atomic E-state index is 11.7. The largest absolute Gasteiger partial charge is 0.355 e. The van der Waals surface area contributed by atoms with E-state index in [2.05, 4.69) is 41.0 Å². The molecule has 19 heavy (non-hydrogen) atoms. The molecule has 5 nitrogen and oxygen atoms in total. The van der Waals surface area contributed by atoms with Crippen LogP contribution in [-0.4, -0.2) is 35.1 Å². The van der Waals surface area contributed by atoms with E-state index in [0.717, 1.165) is 25.3 Å². The highest BCUT2D eigenvalue weighted by atomic mass is 16.1. The van der Waals surface area contributed by atoms with Crippen LogP contribution >= 0.6 is 0 Å². The molecule has 1 heterocycles. The van der Waals surface area contributed by atoms with Gasteiger partial charge in [-0.3, -0.25) is 4.79 Å². The average Bonchev–Trinajstić information content (AvgIpc) is 2.84. The van der Waals surface area contributed by atoms with Crippen molar-refractivity contribution in [3.8, 4) is 0 Å². The Morgan fingerprint density at radius 1 is 1.37 bits per heavy atom. The van der Waals surface area contributed by atoms with Gasteiger partial charge in [0, 0.05) is 44.4 Å². The summed E-state index contributed by atoms with van der Waals surface area (Å²) in [7, 11) is 0. The number of nitrogens with one attached hydrogen (secondary N) is 2. The normalized spacial score (nSPS) is 10.9. The summed E-state index contributed by atoms with van der Waals surface area (Å²) >= 11 is 0. The smallest absolute Gasteiger partial charge is 0.221 e. The van der Waals surface area contributed by atoms with E-state index in [-0.39, 0.29) is 5.91 Å². The molecular weight excluding hydrogens is 240 g/mol. The van der Waals surface area contributed by atoms with Crippen molar-refractivity contribution in [1.82, 2.24) is 20.2 Å². The van der Waals surface area contributed by atoms with E-state index in [1.165, 1.54) is 0 Å². The van der Waals surface area contributed by atoms with E-state index in [4.69, 9.17) is 0 Å². The topological polar surface area (TPSA) is 58.9 Å². The summed E-state index contributed by atoms with van der Waals surface area (Å²) < 4.78 is 2.06. The standard InChI is InChI=1S/C14H26N4O/c1-4-6-15-7-8-16-13(19)5-10-18-11-9-17-14(18)12(2)3/h9,11-12,15H,4-8,10H2,1-3H3,(H,16,19). The monoisotopic (exact) mass is 266 g/mol. The molecule has 0 spiro atoms. The summed E-state index contributed by atoms with van der Waals surface area (Å²) in [6, 6.07) is 0. The second kappa shape index (κ2) is 8.69. The summed E-state index contributed by atoms with van der Waals surface area (Å²) in [5, 5.41) is 6.17. The number of rotatable bonds is 9. The Morgan fingerprint density at radius 3 is 2.84 bits per heavy atom. The van der Waals surface area contributed by atoms with Crippen LogP contribution in [0.5, 0.6) is 0 Å². The van der Waals surface area contributed by atoms with Crippen LogP contribution in [0.4, 0.5) is 0 Å². The number of carbonyl (C=O) groups is 1. The van der Waals surface area contributed by atoms with E-state index in [1.54, 1.807) is 6.20 Å². The van der Waals surface area contributed by atoms with Gasteiger partial charge in [-0.05, 0) is 13.0 Å². The first-order chi connectivity index (χ1) is 9.15. The third-order valence-corrected chi connectivity index (χ3v) is 2.89. The molecule has 108 valence electrons. The predicted molar refractivity (Wildman–Crippen MR) is 77.1 cm³/mol. The fraction of sp³-hybridized carbons (Fsp3) is 0.714. The van der Waals surface area contributed by atoms with Gasteiger partial charge in [0.25, 0.3) is 0 Å².